The lowest BCUT2D eigenvalue weighted by Crippen LogP contribution is -2.16. The molecule has 0 unspecified atom stereocenters. The number of carbonyl (C=O) groups is 1. The molecular formula is C13H16O2. The minimum absolute atomic E-state index is 0.101. The normalized spacial score (nSPS) is 26.2. The third-order valence-corrected chi connectivity index (χ3v) is 3.24. The third-order valence-electron chi connectivity index (χ3n) is 3.24. The Bertz CT molecular complexity index is 321. The Kier molecular flexibility index (Phi) is 3.17. The van der Waals surface area contributed by atoms with Crippen LogP contribution in [-0.2, 0) is 0 Å². The van der Waals surface area contributed by atoms with Gasteiger partial charge in [-0.05, 0) is 37.2 Å². The first-order valence-corrected chi connectivity index (χ1v) is 5.53. The smallest absolute Gasteiger partial charge is 0.150 e. The summed E-state index contributed by atoms with van der Waals surface area (Å²) in [5.41, 5.74) is 2.03. The standard InChI is InChI=1S/C13H16O2/c14-9-10-1-3-11(4-2-10)12-5-7-13(15)8-6-12/h1-4,9,12-13,15H,5-8H2. The lowest BCUT2D eigenvalue weighted by molar-refractivity contribution is 0.112. The summed E-state index contributed by atoms with van der Waals surface area (Å²) in [6, 6.07) is 7.80. The summed E-state index contributed by atoms with van der Waals surface area (Å²) < 4.78 is 0. The van der Waals surface area contributed by atoms with Crippen LogP contribution in [0.3, 0.4) is 0 Å². The van der Waals surface area contributed by atoms with Gasteiger partial charge in [0.2, 0.25) is 0 Å². The largest absolute Gasteiger partial charge is 0.393 e. The molecule has 0 aliphatic heterocycles. The maximum atomic E-state index is 10.5. The minimum Gasteiger partial charge on any atom is -0.393 e. The summed E-state index contributed by atoms with van der Waals surface area (Å²) in [5.74, 6) is 0.564. The minimum atomic E-state index is -0.101. The molecule has 1 N–H and O–H groups in total. The Morgan fingerprint density at radius 2 is 1.67 bits per heavy atom. The first kappa shape index (κ1) is 10.4. The van der Waals surface area contributed by atoms with Crippen molar-refractivity contribution < 1.29 is 9.90 Å². The van der Waals surface area contributed by atoms with Crippen LogP contribution in [0.4, 0.5) is 0 Å². The van der Waals surface area contributed by atoms with Gasteiger partial charge in [0.05, 0.1) is 6.10 Å². The molecule has 2 heteroatoms. The fourth-order valence-electron chi connectivity index (χ4n) is 2.26. The van der Waals surface area contributed by atoms with Gasteiger partial charge in [-0.3, -0.25) is 4.79 Å². The first-order chi connectivity index (χ1) is 7.29. The molecule has 1 aromatic rings. The van der Waals surface area contributed by atoms with E-state index < -0.39 is 0 Å². The van der Waals surface area contributed by atoms with Gasteiger partial charge in [0.25, 0.3) is 0 Å². The number of aliphatic hydroxyl groups excluding tert-OH is 1. The average Bonchev–Trinajstić information content (AvgIpc) is 2.30. The molecule has 80 valence electrons. The molecule has 0 atom stereocenters. The Balaban J connectivity index is 2.06. The predicted octanol–water partition coefficient (Wildman–Crippen LogP) is 2.52. The SMILES string of the molecule is O=Cc1ccc(C2CCC(O)CC2)cc1. The van der Waals surface area contributed by atoms with Crippen molar-refractivity contribution in [2.24, 2.45) is 0 Å². The highest BCUT2D eigenvalue weighted by atomic mass is 16.3. The highest BCUT2D eigenvalue weighted by Crippen LogP contribution is 2.32. The van der Waals surface area contributed by atoms with Crippen LogP contribution in [0.5, 0.6) is 0 Å². The Morgan fingerprint density at radius 1 is 1.07 bits per heavy atom. The topological polar surface area (TPSA) is 37.3 Å². The van der Waals surface area contributed by atoms with Gasteiger partial charge in [-0.15, -0.1) is 0 Å². The fourth-order valence-corrected chi connectivity index (χ4v) is 2.26. The number of rotatable bonds is 2. The lowest BCUT2D eigenvalue weighted by atomic mass is 9.83. The van der Waals surface area contributed by atoms with E-state index in [1.165, 1.54) is 5.56 Å². The molecule has 0 aromatic heterocycles. The molecule has 1 aromatic carbocycles. The molecular weight excluding hydrogens is 188 g/mol. The Morgan fingerprint density at radius 3 is 2.20 bits per heavy atom. The molecule has 0 heterocycles. The van der Waals surface area contributed by atoms with Gasteiger partial charge < -0.3 is 5.11 Å². The van der Waals surface area contributed by atoms with Gasteiger partial charge in [0.1, 0.15) is 6.29 Å². The predicted molar refractivity (Wildman–Crippen MR) is 59.0 cm³/mol. The maximum Gasteiger partial charge on any atom is 0.150 e. The van der Waals surface area contributed by atoms with Crippen molar-refractivity contribution >= 4 is 6.29 Å². The Hall–Kier alpha value is -1.15. The van der Waals surface area contributed by atoms with Crippen LogP contribution in [0.2, 0.25) is 0 Å². The van der Waals surface area contributed by atoms with Crippen LogP contribution in [0.25, 0.3) is 0 Å². The van der Waals surface area contributed by atoms with Gasteiger partial charge in [-0.1, -0.05) is 24.3 Å². The van der Waals surface area contributed by atoms with Crippen molar-refractivity contribution in [2.75, 3.05) is 0 Å². The summed E-state index contributed by atoms with van der Waals surface area (Å²) >= 11 is 0. The van der Waals surface area contributed by atoms with Crippen LogP contribution >= 0.6 is 0 Å². The van der Waals surface area contributed by atoms with Crippen LogP contribution in [0.15, 0.2) is 24.3 Å². The lowest BCUT2D eigenvalue weighted by Gasteiger charge is -2.25. The van der Waals surface area contributed by atoms with Crippen LogP contribution in [-0.4, -0.2) is 17.5 Å². The first-order valence-electron chi connectivity index (χ1n) is 5.53. The van der Waals surface area contributed by atoms with Crippen molar-refractivity contribution in [3.8, 4) is 0 Å². The molecule has 1 aliphatic rings. The number of aliphatic hydroxyl groups is 1. The van der Waals surface area contributed by atoms with Gasteiger partial charge >= 0.3 is 0 Å². The molecule has 0 bridgehead atoms. The number of carbonyl (C=O) groups excluding carboxylic acids is 1. The highest BCUT2D eigenvalue weighted by molar-refractivity contribution is 5.74. The van der Waals surface area contributed by atoms with E-state index in [0.717, 1.165) is 37.5 Å². The molecule has 0 amide bonds. The summed E-state index contributed by atoms with van der Waals surface area (Å²) in [6.45, 7) is 0. The molecule has 2 rings (SSSR count). The second-order valence-corrected chi connectivity index (χ2v) is 4.29. The average molecular weight is 204 g/mol. The number of hydrogen-bond donors (Lipinski definition) is 1. The van der Waals surface area contributed by atoms with E-state index in [0.29, 0.717) is 5.92 Å². The van der Waals surface area contributed by atoms with Gasteiger partial charge in [-0.25, -0.2) is 0 Å². The monoisotopic (exact) mass is 204 g/mol. The summed E-state index contributed by atoms with van der Waals surface area (Å²) in [6.07, 6.45) is 4.69. The zero-order valence-corrected chi connectivity index (χ0v) is 8.73. The van der Waals surface area contributed by atoms with E-state index >= 15 is 0 Å². The quantitative estimate of drug-likeness (QED) is 0.751. The van der Waals surface area contributed by atoms with E-state index in [9.17, 15) is 9.90 Å². The number of aldehydes is 1. The van der Waals surface area contributed by atoms with Crippen molar-refractivity contribution in [3.63, 3.8) is 0 Å². The Labute approximate surface area is 89.9 Å². The molecule has 1 fully saturated rings. The summed E-state index contributed by atoms with van der Waals surface area (Å²) in [4.78, 5) is 10.5. The second-order valence-electron chi connectivity index (χ2n) is 4.29. The van der Waals surface area contributed by atoms with E-state index in [1.807, 2.05) is 24.3 Å². The zero-order valence-electron chi connectivity index (χ0n) is 8.73. The van der Waals surface area contributed by atoms with E-state index in [2.05, 4.69) is 0 Å². The number of benzene rings is 1. The van der Waals surface area contributed by atoms with Crippen LogP contribution < -0.4 is 0 Å². The van der Waals surface area contributed by atoms with Crippen LogP contribution in [0.1, 0.15) is 47.5 Å². The molecule has 15 heavy (non-hydrogen) atoms. The third kappa shape index (κ3) is 2.45. The molecule has 0 spiro atoms. The highest BCUT2D eigenvalue weighted by Gasteiger charge is 2.20. The van der Waals surface area contributed by atoms with Crippen molar-refractivity contribution in [1.29, 1.82) is 0 Å². The van der Waals surface area contributed by atoms with Gasteiger partial charge in [0.15, 0.2) is 0 Å². The molecule has 0 saturated heterocycles. The van der Waals surface area contributed by atoms with Gasteiger partial charge in [-0.2, -0.15) is 0 Å². The molecule has 0 radical (unpaired) electrons. The summed E-state index contributed by atoms with van der Waals surface area (Å²) in [5, 5.41) is 9.41. The van der Waals surface area contributed by atoms with Crippen molar-refractivity contribution in [3.05, 3.63) is 35.4 Å². The maximum absolute atomic E-state index is 10.5. The van der Waals surface area contributed by atoms with E-state index in [1.54, 1.807) is 0 Å². The molecule has 1 aliphatic carbocycles. The van der Waals surface area contributed by atoms with E-state index in [4.69, 9.17) is 0 Å². The fraction of sp³-hybridized carbons (Fsp3) is 0.462. The van der Waals surface area contributed by atoms with Crippen molar-refractivity contribution in [2.45, 2.75) is 37.7 Å². The zero-order chi connectivity index (χ0) is 10.7. The second kappa shape index (κ2) is 4.58. The van der Waals surface area contributed by atoms with Crippen LogP contribution in [0, 0.1) is 0 Å². The number of hydrogen-bond acceptors (Lipinski definition) is 2. The molecule has 1 saturated carbocycles. The summed E-state index contributed by atoms with van der Waals surface area (Å²) in [7, 11) is 0. The van der Waals surface area contributed by atoms with E-state index in [-0.39, 0.29) is 6.10 Å². The van der Waals surface area contributed by atoms with Gasteiger partial charge in [0, 0.05) is 5.56 Å². The van der Waals surface area contributed by atoms with Crippen molar-refractivity contribution in [1.82, 2.24) is 0 Å². The molecule has 2 nitrogen and oxygen atoms in total.